The highest BCUT2D eigenvalue weighted by Gasteiger charge is 2.08. The number of nitrogens with one attached hydrogen (secondary N) is 2. The van der Waals surface area contributed by atoms with E-state index >= 15 is 0 Å². The van der Waals surface area contributed by atoms with Gasteiger partial charge in [-0.25, -0.2) is 9.59 Å². The molecule has 0 heterocycles. The van der Waals surface area contributed by atoms with E-state index in [2.05, 4.69) is 22.5 Å². The molecule has 0 aliphatic carbocycles. The SMILES string of the molecule is [CH2]OC(=O)c1ccc(NC(=O)CNC(=O)OCc2ccccc2)cc1. The molecule has 0 aliphatic heterocycles. The van der Waals surface area contributed by atoms with E-state index < -0.39 is 18.0 Å². The third kappa shape index (κ3) is 5.98. The smallest absolute Gasteiger partial charge is 0.407 e. The quantitative estimate of drug-likeness (QED) is 0.788. The van der Waals surface area contributed by atoms with Crippen LogP contribution in [0.25, 0.3) is 0 Å². The summed E-state index contributed by atoms with van der Waals surface area (Å²) in [6.07, 6.45) is -0.687. The topological polar surface area (TPSA) is 93.7 Å². The Morgan fingerprint density at radius 3 is 2.28 bits per heavy atom. The molecule has 1 radical (unpaired) electrons. The maximum Gasteiger partial charge on any atom is 0.407 e. The first-order valence-electron chi connectivity index (χ1n) is 7.39. The molecule has 0 saturated carbocycles. The Bertz CT molecular complexity index is 729. The molecule has 2 amide bonds. The van der Waals surface area contributed by atoms with Gasteiger partial charge in [0.15, 0.2) is 0 Å². The molecular formula is C18H17N2O5. The van der Waals surface area contributed by atoms with Crippen LogP contribution in [0.1, 0.15) is 15.9 Å². The number of hydrogen-bond acceptors (Lipinski definition) is 5. The van der Waals surface area contributed by atoms with Crippen molar-refractivity contribution in [2.75, 3.05) is 11.9 Å². The first-order chi connectivity index (χ1) is 12.1. The highest BCUT2D eigenvalue weighted by atomic mass is 16.5. The maximum atomic E-state index is 11.8. The first kappa shape index (κ1) is 18.0. The van der Waals surface area contributed by atoms with Gasteiger partial charge >= 0.3 is 12.1 Å². The summed E-state index contributed by atoms with van der Waals surface area (Å²) in [4.78, 5) is 34.6. The number of ether oxygens (including phenoxy) is 2. The zero-order chi connectivity index (χ0) is 18.1. The van der Waals surface area contributed by atoms with Gasteiger partial charge < -0.3 is 20.1 Å². The summed E-state index contributed by atoms with van der Waals surface area (Å²) in [5, 5.41) is 4.93. The van der Waals surface area contributed by atoms with Gasteiger partial charge in [0.25, 0.3) is 0 Å². The van der Waals surface area contributed by atoms with Crippen molar-refractivity contribution in [1.29, 1.82) is 0 Å². The minimum Gasteiger partial charge on any atom is -0.458 e. The number of amides is 2. The molecule has 0 spiro atoms. The molecule has 25 heavy (non-hydrogen) atoms. The lowest BCUT2D eigenvalue weighted by Crippen LogP contribution is -2.33. The summed E-state index contributed by atoms with van der Waals surface area (Å²) in [5.41, 5.74) is 1.64. The van der Waals surface area contributed by atoms with Gasteiger partial charge in [0.2, 0.25) is 5.91 Å². The zero-order valence-corrected chi connectivity index (χ0v) is 13.4. The molecule has 129 valence electrons. The Morgan fingerprint density at radius 1 is 0.960 bits per heavy atom. The van der Waals surface area contributed by atoms with Crippen LogP contribution in [-0.4, -0.2) is 24.5 Å². The van der Waals surface area contributed by atoms with E-state index in [1.54, 1.807) is 0 Å². The van der Waals surface area contributed by atoms with Crippen molar-refractivity contribution in [2.24, 2.45) is 0 Å². The van der Waals surface area contributed by atoms with Crippen molar-refractivity contribution in [3.8, 4) is 0 Å². The first-order valence-corrected chi connectivity index (χ1v) is 7.39. The van der Waals surface area contributed by atoms with E-state index in [-0.39, 0.29) is 13.2 Å². The lowest BCUT2D eigenvalue weighted by molar-refractivity contribution is -0.115. The molecule has 0 saturated heterocycles. The van der Waals surface area contributed by atoms with E-state index in [1.807, 2.05) is 30.3 Å². The van der Waals surface area contributed by atoms with Gasteiger partial charge in [-0.3, -0.25) is 4.79 Å². The molecule has 0 bridgehead atoms. The Labute approximate surface area is 144 Å². The second-order valence-corrected chi connectivity index (χ2v) is 4.97. The van der Waals surface area contributed by atoms with E-state index in [4.69, 9.17) is 4.74 Å². The van der Waals surface area contributed by atoms with Crippen molar-refractivity contribution in [3.63, 3.8) is 0 Å². The Hall–Kier alpha value is -3.35. The molecule has 7 nitrogen and oxygen atoms in total. The third-order valence-electron chi connectivity index (χ3n) is 3.14. The summed E-state index contributed by atoms with van der Waals surface area (Å²) in [5.74, 6) is -0.996. The van der Waals surface area contributed by atoms with Crippen LogP contribution in [0.5, 0.6) is 0 Å². The summed E-state index contributed by atoms with van der Waals surface area (Å²) >= 11 is 0. The highest BCUT2D eigenvalue weighted by molar-refractivity contribution is 5.95. The standard InChI is InChI=1S/C18H17N2O5/c1-24-17(22)14-7-9-15(10-8-14)20-16(21)11-19-18(23)25-12-13-5-3-2-4-6-13/h2-10H,1,11-12H2,(H,19,23)(H,20,21). The van der Waals surface area contributed by atoms with Crippen molar-refractivity contribution in [1.82, 2.24) is 5.32 Å². The van der Waals surface area contributed by atoms with Crippen LogP contribution in [-0.2, 0) is 20.9 Å². The average Bonchev–Trinajstić information content (AvgIpc) is 2.65. The Balaban J connectivity index is 1.73. The van der Waals surface area contributed by atoms with Crippen molar-refractivity contribution in [3.05, 3.63) is 72.8 Å². The highest BCUT2D eigenvalue weighted by Crippen LogP contribution is 2.10. The van der Waals surface area contributed by atoms with Gasteiger partial charge in [0, 0.05) is 5.69 Å². The fourth-order valence-electron chi connectivity index (χ4n) is 1.90. The van der Waals surface area contributed by atoms with Gasteiger partial charge in [-0.05, 0) is 29.8 Å². The van der Waals surface area contributed by atoms with E-state index in [9.17, 15) is 14.4 Å². The Morgan fingerprint density at radius 2 is 1.64 bits per heavy atom. The molecule has 0 atom stereocenters. The fraction of sp³-hybridized carbons (Fsp3) is 0.111. The number of hydrogen-bond donors (Lipinski definition) is 2. The maximum absolute atomic E-state index is 11.8. The zero-order valence-electron chi connectivity index (χ0n) is 13.4. The second-order valence-electron chi connectivity index (χ2n) is 4.97. The minimum absolute atomic E-state index is 0.123. The molecule has 0 fully saturated rings. The van der Waals surface area contributed by atoms with Gasteiger partial charge in [-0.2, -0.15) is 0 Å². The predicted octanol–water partition coefficient (Wildman–Crippen LogP) is 2.50. The van der Waals surface area contributed by atoms with E-state index in [1.165, 1.54) is 24.3 Å². The van der Waals surface area contributed by atoms with Crippen LogP contribution in [0, 0.1) is 7.11 Å². The van der Waals surface area contributed by atoms with Crippen LogP contribution in [0.2, 0.25) is 0 Å². The average molecular weight is 341 g/mol. The third-order valence-corrected chi connectivity index (χ3v) is 3.14. The molecule has 2 aromatic rings. The largest absolute Gasteiger partial charge is 0.458 e. The summed E-state index contributed by atoms with van der Waals surface area (Å²) in [6.45, 7) is -0.117. The summed E-state index contributed by atoms with van der Waals surface area (Å²) in [7, 11) is 3.04. The van der Waals surface area contributed by atoms with Crippen molar-refractivity contribution in [2.45, 2.75) is 6.61 Å². The normalized spacial score (nSPS) is 9.80. The van der Waals surface area contributed by atoms with Crippen molar-refractivity contribution < 1.29 is 23.9 Å². The van der Waals surface area contributed by atoms with Crippen LogP contribution < -0.4 is 10.6 Å². The van der Waals surface area contributed by atoms with Gasteiger partial charge in [0.05, 0.1) is 5.56 Å². The van der Waals surface area contributed by atoms with Gasteiger partial charge in [-0.1, -0.05) is 30.3 Å². The monoisotopic (exact) mass is 341 g/mol. The molecule has 2 aromatic carbocycles. The van der Waals surface area contributed by atoms with E-state index in [0.717, 1.165) is 5.56 Å². The number of esters is 1. The fourth-order valence-corrected chi connectivity index (χ4v) is 1.90. The lowest BCUT2D eigenvalue weighted by atomic mass is 10.2. The van der Waals surface area contributed by atoms with Crippen LogP contribution in [0.15, 0.2) is 54.6 Å². The number of benzene rings is 2. The minimum atomic E-state index is -0.687. The molecule has 0 unspecified atom stereocenters. The van der Waals surface area contributed by atoms with Gasteiger partial charge in [0.1, 0.15) is 20.3 Å². The number of alkyl carbamates (subject to hydrolysis) is 1. The lowest BCUT2D eigenvalue weighted by Gasteiger charge is -2.08. The summed E-state index contributed by atoms with van der Waals surface area (Å²) < 4.78 is 9.34. The molecule has 0 aliphatic rings. The Kier molecular flexibility index (Phi) is 6.53. The number of carbonyl (C=O) groups excluding carboxylic acids is 3. The molecule has 2 rings (SSSR count). The number of rotatable bonds is 6. The van der Waals surface area contributed by atoms with E-state index in [0.29, 0.717) is 11.3 Å². The van der Waals surface area contributed by atoms with Gasteiger partial charge in [-0.15, -0.1) is 0 Å². The second kappa shape index (κ2) is 9.07. The molecule has 7 heteroatoms. The van der Waals surface area contributed by atoms with Crippen LogP contribution >= 0.6 is 0 Å². The molecular weight excluding hydrogens is 324 g/mol. The van der Waals surface area contributed by atoms with Crippen LogP contribution in [0.3, 0.4) is 0 Å². The molecule has 2 N–H and O–H groups in total. The summed E-state index contributed by atoms with van der Waals surface area (Å²) in [6, 6.07) is 15.3. The van der Waals surface area contributed by atoms with Crippen LogP contribution in [0.4, 0.5) is 10.5 Å². The number of carbonyl (C=O) groups is 3. The predicted molar refractivity (Wildman–Crippen MR) is 90.5 cm³/mol. The molecule has 0 aromatic heterocycles. The van der Waals surface area contributed by atoms with Crippen molar-refractivity contribution >= 4 is 23.7 Å². The number of anilines is 1.